The number of benzene rings is 2. The van der Waals surface area contributed by atoms with Crippen LogP contribution in [0.25, 0.3) is 10.9 Å². The molecule has 0 aliphatic carbocycles. The van der Waals surface area contributed by atoms with E-state index < -0.39 is 11.9 Å². The molecule has 2 aromatic carbocycles. The third-order valence-corrected chi connectivity index (χ3v) is 3.78. The van der Waals surface area contributed by atoms with Crippen molar-refractivity contribution in [2.45, 2.75) is 13.1 Å². The first-order valence-electron chi connectivity index (χ1n) is 7.66. The van der Waals surface area contributed by atoms with Gasteiger partial charge < -0.3 is 14.8 Å². The highest BCUT2D eigenvalue weighted by Crippen LogP contribution is 2.38. The van der Waals surface area contributed by atoms with E-state index in [-0.39, 0.29) is 28.4 Å². The van der Waals surface area contributed by atoms with Crippen LogP contribution >= 0.6 is 0 Å². The van der Waals surface area contributed by atoms with Gasteiger partial charge in [0.25, 0.3) is 0 Å². The second kappa shape index (κ2) is 6.70. The summed E-state index contributed by atoms with van der Waals surface area (Å²) in [5.41, 5.74) is 0.670. The number of hydrogen-bond acceptors (Lipinski definition) is 5. The first kappa shape index (κ1) is 17.8. The zero-order valence-corrected chi connectivity index (χ0v) is 14.3. The van der Waals surface area contributed by atoms with Gasteiger partial charge in [0.2, 0.25) is 5.95 Å². The number of ether oxygens (including phenoxy) is 2. The fraction of sp³-hybridized carbons (Fsp3) is 0.222. The largest absolute Gasteiger partial charge is 0.493 e. The molecule has 3 rings (SSSR count). The minimum absolute atomic E-state index is 0.0968. The maximum atomic E-state index is 13.5. The van der Waals surface area contributed by atoms with Gasteiger partial charge in [0, 0.05) is 17.1 Å². The van der Waals surface area contributed by atoms with Crippen LogP contribution in [0.4, 0.5) is 24.8 Å². The van der Waals surface area contributed by atoms with E-state index in [1.165, 1.54) is 26.4 Å². The highest BCUT2D eigenvalue weighted by atomic mass is 19.4. The number of nitrogens with zero attached hydrogens (tertiary/aromatic N) is 2. The van der Waals surface area contributed by atoms with Crippen molar-refractivity contribution >= 4 is 22.5 Å². The summed E-state index contributed by atoms with van der Waals surface area (Å²) in [5.74, 6) is 0.308. The van der Waals surface area contributed by atoms with Crippen molar-refractivity contribution in [1.82, 2.24) is 9.97 Å². The molecule has 1 N–H and O–H groups in total. The Labute approximate surface area is 147 Å². The average molecular weight is 363 g/mol. The number of aryl methyl sites for hydroxylation is 1. The maximum Gasteiger partial charge on any atom is 0.434 e. The molecule has 0 atom stereocenters. The molecule has 0 bridgehead atoms. The normalized spacial score (nSPS) is 11.5. The molecule has 0 spiro atoms. The summed E-state index contributed by atoms with van der Waals surface area (Å²) in [5, 5.41) is 2.65. The van der Waals surface area contributed by atoms with Gasteiger partial charge in [0.1, 0.15) is 0 Å². The van der Waals surface area contributed by atoms with Crippen LogP contribution in [0.15, 0.2) is 36.4 Å². The van der Waals surface area contributed by atoms with Crippen LogP contribution in [0.2, 0.25) is 0 Å². The fourth-order valence-electron chi connectivity index (χ4n) is 2.49. The van der Waals surface area contributed by atoms with E-state index in [4.69, 9.17) is 9.47 Å². The lowest BCUT2D eigenvalue weighted by Crippen LogP contribution is -2.12. The van der Waals surface area contributed by atoms with Gasteiger partial charge in [0.15, 0.2) is 17.2 Å². The number of hydrogen-bond donors (Lipinski definition) is 1. The molecule has 1 aromatic heterocycles. The van der Waals surface area contributed by atoms with Crippen molar-refractivity contribution in [3.05, 3.63) is 47.7 Å². The Morgan fingerprint density at radius 3 is 2.12 bits per heavy atom. The van der Waals surface area contributed by atoms with E-state index >= 15 is 0 Å². The number of rotatable bonds is 4. The second-order valence-electron chi connectivity index (χ2n) is 5.61. The van der Waals surface area contributed by atoms with Gasteiger partial charge in [0.05, 0.1) is 19.7 Å². The number of nitrogens with one attached hydrogen (secondary N) is 1. The molecule has 3 aromatic rings. The molecule has 8 heteroatoms. The lowest BCUT2D eigenvalue weighted by Gasteiger charge is -2.15. The molecule has 0 aliphatic heterocycles. The van der Waals surface area contributed by atoms with Gasteiger partial charge in [-0.2, -0.15) is 13.2 Å². The van der Waals surface area contributed by atoms with Crippen LogP contribution in [0.3, 0.4) is 0 Å². The molecule has 0 fully saturated rings. The summed E-state index contributed by atoms with van der Waals surface area (Å²) in [6.45, 7) is 1.91. The van der Waals surface area contributed by atoms with Gasteiger partial charge in [-0.25, -0.2) is 9.97 Å². The Balaban J connectivity index is 2.17. The summed E-state index contributed by atoms with van der Waals surface area (Å²) in [6, 6.07) is 9.78. The average Bonchev–Trinajstić information content (AvgIpc) is 2.61. The van der Waals surface area contributed by atoms with Crippen molar-refractivity contribution in [2.75, 3.05) is 19.5 Å². The Hall–Kier alpha value is -3.03. The molecule has 5 nitrogen and oxygen atoms in total. The zero-order chi connectivity index (χ0) is 18.9. The second-order valence-corrected chi connectivity index (χ2v) is 5.61. The van der Waals surface area contributed by atoms with Gasteiger partial charge in [-0.15, -0.1) is 0 Å². The Morgan fingerprint density at radius 1 is 0.923 bits per heavy atom. The Morgan fingerprint density at radius 2 is 1.54 bits per heavy atom. The summed E-state index contributed by atoms with van der Waals surface area (Å²) in [4.78, 5) is 7.87. The van der Waals surface area contributed by atoms with Crippen LogP contribution in [-0.2, 0) is 6.18 Å². The fourth-order valence-corrected chi connectivity index (χ4v) is 2.49. The highest BCUT2D eigenvalue weighted by Gasteiger charge is 2.36. The standard InChI is InChI=1S/C18H16F3N3O2/c1-10-4-6-11(7-5-10)22-17-23-13-9-15(26-3)14(25-2)8-12(13)16(24-17)18(19,20)21/h4-9H,1-3H3,(H,22,23,24). The van der Waals surface area contributed by atoms with E-state index in [9.17, 15) is 13.2 Å². The van der Waals surface area contributed by atoms with Crippen LogP contribution in [0, 0.1) is 6.92 Å². The smallest absolute Gasteiger partial charge is 0.434 e. The number of fused-ring (bicyclic) bond motifs is 1. The molecular formula is C18H16F3N3O2. The maximum absolute atomic E-state index is 13.5. The molecule has 136 valence electrons. The van der Waals surface area contributed by atoms with E-state index in [0.717, 1.165) is 5.56 Å². The molecule has 0 saturated heterocycles. The zero-order valence-electron chi connectivity index (χ0n) is 14.3. The molecule has 0 aliphatic rings. The van der Waals surface area contributed by atoms with Gasteiger partial charge >= 0.3 is 6.18 Å². The number of halogens is 3. The van der Waals surface area contributed by atoms with Crippen molar-refractivity contribution in [3.63, 3.8) is 0 Å². The molecular weight excluding hydrogens is 347 g/mol. The third-order valence-electron chi connectivity index (χ3n) is 3.78. The number of alkyl halides is 3. The van der Waals surface area contributed by atoms with Crippen LogP contribution in [-0.4, -0.2) is 24.2 Å². The van der Waals surface area contributed by atoms with Crippen molar-refractivity contribution < 1.29 is 22.6 Å². The lowest BCUT2D eigenvalue weighted by atomic mass is 10.1. The van der Waals surface area contributed by atoms with Crippen LogP contribution in [0.1, 0.15) is 11.3 Å². The number of methoxy groups -OCH3 is 2. The molecule has 26 heavy (non-hydrogen) atoms. The third kappa shape index (κ3) is 3.49. The van der Waals surface area contributed by atoms with E-state index in [2.05, 4.69) is 15.3 Å². The van der Waals surface area contributed by atoms with Crippen LogP contribution in [0.5, 0.6) is 11.5 Å². The van der Waals surface area contributed by atoms with Gasteiger partial charge in [-0.3, -0.25) is 0 Å². The topological polar surface area (TPSA) is 56.3 Å². The Bertz CT molecular complexity index is 941. The molecule has 0 saturated carbocycles. The highest BCUT2D eigenvalue weighted by molar-refractivity contribution is 5.86. The van der Waals surface area contributed by atoms with Crippen LogP contribution < -0.4 is 14.8 Å². The Kier molecular flexibility index (Phi) is 4.58. The van der Waals surface area contributed by atoms with E-state index in [0.29, 0.717) is 5.69 Å². The van der Waals surface area contributed by atoms with Crippen molar-refractivity contribution in [1.29, 1.82) is 0 Å². The SMILES string of the molecule is COc1cc2nc(Nc3ccc(C)cc3)nc(C(F)(F)F)c2cc1OC. The minimum Gasteiger partial charge on any atom is -0.493 e. The summed E-state index contributed by atoms with van der Waals surface area (Å²) < 4.78 is 50.8. The predicted molar refractivity (Wildman–Crippen MR) is 92.1 cm³/mol. The summed E-state index contributed by atoms with van der Waals surface area (Å²) in [7, 11) is 2.76. The monoisotopic (exact) mass is 363 g/mol. The molecule has 0 amide bonds. The van der Waals surface area contributed by atoms with E-state index in [1.54, 1.807) is 12.1 Å². The summed E-state index contributed by atoms with van der Waals surface area (Å²) in [6.07, 6.45) is -4.65. The minimum atomic E-state index is -4.65. The van der Waals surface area contributed by atoms with Gasteiger partial charge in [-0.1, -0.05) is 17.7 Å². The lowest BCUT2D eigenvalue weighted by molar-refractivity contribution is -0.139. The summed E-state index contributed by atoms with van der Waals surface area (Å²) >= 11 is 0. The number of aromatic nitrogens is 2. The predicted octanol–water partition coefficient (Wildman–Crippen LogP) is 4.72. The van der Waals surface area contributed by atoms with Crippen molar-refractivity contribution in [3.8, 4) is 11.5 Å². The van der Waals surface area contributed by atoms with E-state index in [1.807, 2.05) is 19.1 Å². The molecule has 0 unspecified atom stereocenters. The van der Waals surface area contributed by atoms with Gasteiger partial charge in [-0.05, 0) is 25.1 Å². The first-order valence-corrected chi connectivity index (χ1v) is 7.66. The van der Waals surface area contributed by atoms with Crippen molar-refractivity contribution in [2.24, 2.45) is 0 Å². The quantitative estimate of drug-likeness (QED) is 0.727. The first-order chi connectivity index (χ1) is 12.3. The molecule has 1 heterocycles. The molecule has 0 radical (unpaired) electrons. The number of anilines is 2.